The third-order valence-corrected chi connectivity index (χ3v) is 1.73. The zero-order valence-corrected chi connectivity index (χ0v) is 21.7. The van der Waals surface area contributed by atoms with Crippen LogP contribution in [-0.4, -0.2) is 11.5 Å². The van der Waals surface area contributed by atoms with Crippen molar-refractivity contribution in [3.05, 3.63) is 73.2 Å². The predicted molar refractivity (Wildman–Crippen MR) is 65.2 cm³/mol. The van der Waals surface area contributed by atoms with Crippen molar-refractivity contribution in [2.24, 2.45) is 0 Å². The average molecular weight is 787 g/mol. The van der Waals surface area contributed by atoms with Crippen LogP contribution >= 0.6 is 11.8 Å². The number of hydrogen-bond donors (Lipinski definition) is 0. The molecule has 0 atom stereocenters. The van der Waals surface area contributed by atoms with E-state index in [2.05, 4.69) is 73.2 Å². The van der Waals surface area contributed by atoms with Crippen LogP contribution in [0, 0.1) is 73.2 Å². The summed E-state index contributed by atoms with van der Waals surface area (Å²) in [5.74, 6) is 2.83. The van der Waals surface area contributed by atoms with E-state index in [9.17, 15) is 0 Å². The Kier molecular flexibility index (Phi) is 5350. The van der Waals surface area contributed by atoms with E-state index in [0.29, 0.717) is 0 Å². The van der Waals surface area contributed by atoms with Gasteiger partial charge >= 0.3 is 124 Å². The Hall–Kier alpha value is -0.0165. The molecule has 0 unspecified atom stereocenters. The van der Waals surface area contributed by atoms with Gasteiger partial charge in [0.1, 0.15) is 0 Å². The maximum absolute atomic E-state index is 7.50. The van der Waals surface area contributed by atoms with Crippen molar-refractivity contribution in [1.82, 2.24) is 0 Å². The van der Waals surface area contributed by atoms with Crippen molar-refractivity contribution in [1.29, 1.82) is 0 Å². The van der Waals surface area contributed by atoms with Gasteiger partial charge in [0, 0.05) is 77.9 Å². The molecular formula is C14H6O11Ru4S. The van der Waals surface area contributed by atoms with Crippen LogP contribution in [0.4, 0.5) is 0 Å². The van der Waals surface area contributed by atoms with E-state index in [1.807, 2.05) is 11.8 Å². The second-order valence-electron chi connectivity index (χ2n) is 0.966. The Morgan fingerprint density at radius 2 is 0.333 bits per heavy atom. The van der Waals surface area contributed by atoms with Gasteiger partial charge in [0.05, 0.1) is 0 Å². The molecule has 0 spiro atoms. The molecule has 0 aliphatic carbocycles. The molecule has 11 nitrogen and oxygen atoms in total. The summed E-state index contributed by atoms with van der Waals surface area (Å²) >= 11 is 2.04. The first-order valence-electron chi connectivity index (χ1n) is 3.82. The van der Waals surface area contributed by atoms with Gasteiger partial charge in [-0.05, 0) is 17.9 Å². The van der Waals surface area contributed by atoms with Gasteiger partial charge in [-0.15, -0.1) is 0 Å². The second kappa shape index (κ2) is 1430. The van der Waals surface area contributed by atoms with Gasteiger partial charge in [-0.2, -0.15) is 11.8 Å². The molecule has 0 N–H and O–H groups in total. The van der Waals surface area contributed by atoms with E-state index in [0.717, 1.165) is 0 Å². The summed E-state index contributed by atoms with van der Waals surface area (Å²) < 4.78 is 82.5. The zero-order valence-electron chi connectivity index (χ0n) is 13.9. The van der Waals surface area contributed by atoms with E-state index in [1.54, 1.807) is 0 Å². The normalized spacial score (nSPS) is 3.93. The topological polar surface area (TPSA) is 219 Å². The third-order valence-electron chi connectivity index (χ3n) is 0.577. The van der Waals surface area contributed by atoms with Gasteiger partial charge in [0.25, 0.3) is 0 Å². The van der Waals surface area contributed by atoms with Crippen molar-refractivity contribution in [2.45, 2.75) is 6.42 Å². The summed E-state index contributed by atoms with van der Waals surface area (Å²) in [6.45, 7) is 49.5. The Labute approximate surface area is 230 Å². The van der Waals surface area contributed by atoms with Crippen LogP contribution in [0.15, 0.2) is 0 Å². The first-order valence-corrected chi connectivity index (χ1v) is 4.98. The summed E-state index contributed by atoms with van der Waals surface area (Å²) in [4.78, 5) is 0. The molecule has 0 saturated carbocycles. The van der Waals surface area contributed by atoms with Crippen molar-refractivity contribution in [3.63, 3.8) is 0 Å². The molecule has 0 radical (unpaired) electrons. The summed E-state index contributed by atoms with van der Waals surface area (Å²) in [6.07, 6.45) is 1.46. The Morgan fingerprint density at radius 1 is 0.300 bits per heavy atom. The van der Waals surface area contributed by atoms with Crippen LogP contribution in [0.1, 0.15) is 6.42 Å². The van der Waals surface area contributed by atoms with Gasteiger partial charge in [-0.3, -0.25) is 0 Å². The van der Waals surface area contributed by atoms with Crippen LogP contribution in [0.2, 0.25) is 0 Å². The number of rotatable bonds is 0. The molecule has 16 heteroatoms. The summed E-state index contributed by atoms with van der Waals surface area (Å²) in [5, 5.41) is 0. The fourth-order valence-electron chi connectivity index (χ4n) is 0.144. The molecule has 0 bridgehead atoms. The maximum atomic E-state index is 7.50. The SMILES string of the molecule is C1CSC1.[C-]#[O+].[C-]#[O+].[C-]#[O+].[C-]#[O+].[C-]#[O+].[C-]#[O+].[C-]#[O+].[C-]#[O+].[C-]#[O+].[C-]#[O+].[C-]#[O+].[Ru].[Ru].[Ru].[Ru]. The summed E-state index contributed by atoms with van der Waals surface area (Å²) in [7, 11) is 0. The Bertz CT molecular complexity index is 259. The zero-order chi connectivity index (χ0) is 24.8. The monoisotopic (exact) mass is 790 g/mol. The van der Waals surface area contributed by atoms with Gasteiger partial charge in [-0.1, -0.05) is 0 Å². The molecule has 0 aromatic rings. The van der Waals surface area contributed by atoms with Gasteiger partial charge in [-0.25, -0.2) is 0 Å². The van der Waals surface area contributed by atoms with E-state index in [-0.39, 0.29) is 77.9 Å². The Morgan fingerprint density at radius 3 is 0.333 bits per heavy atom. The molecule has 1 rings (SSSR count). The number of hydrogen-bond acceptors (Lipinski definition) is 1. The van der Waals surface area contributed by atoms with E-state index in [1.165, 1.54) is 17.9 Å². The van der Waals surface area contributed by atoms with Crippen molar-refractivity contribution < 1.29 is 129 Å². The summed E-state index contributed by atoms with van der Waals surface area (Å²) in [6, 6.07) is 0. The van der Waals surface area contributed by atoms with Crippen molar-refractivity contribution in [2.75, 3.05) is 11.5 Å². The Balaban J connectivity index is -0.00000000631. The largest absolute Gasteiger partial charge is 0 e. The van der Waals surface area contributed by atoms with Crippen LogP contribution in [0.25, 0.3) is 0 Å². The molecule has 166 valence electrons. The van der Waals surface area contributed by atoms with E-state index in [4.69, 9.17) is 51.2 Å². The molecule has 0 aromatic carbocycles. The smallest absolute Gasteiger partial charge is 0 e. The molecule has 1 saturated heterocycles. The van der Waals surface area contributed by atoms with Gasteiger partial charge < -0.3 is 0 Å². The van der Waals surface area contributed by atoms with E-state index < -0.39 is 0 Å². The first-order chi connectivity index (χ1) is 13.0. The minimum Gasteiger partial charge on any atom is 0 e. The minimum atomic E-state index is 0. The summed E-state index contributed by atoms with van der Waals surface area (Å²) in [5.41, 5.74) is 0. The third kappa shape index (κ3) is 1280. The minimum absolute atomic E-state index is 0. The van der Waals surface area contributed by atoms with Crippen LogP contribution in [0.5, 0.6) is 0 Å². The van der Waals surface area contributed by atoms with Crippen LogP contribution < -0.4 is 0 Å². The first kappa shape index (κ1) is 112. The molecule has 0 amide bonds. The van der Waals surface area contributed by atoms with Crippen LogP contribution in [0.3, 0.4) is 0 Å². The average Bonchev–Trinajstić information content (AvgIpc) is 2.82. The molecule has 0 aromatic heterocycles. The fourth-order valence-corrected chi connectivity index (χ4v) is 0.433. The molecule has 1 heterocycles. The quantitative estimate of drug-likeness (QED) is 0.193. The maximum Gasteiger partial charge on any atom is 0 e. The molecule has 1 aliphatic rings. The van der Waals surface area contributed by atoms with E-state index >= 15 is 0 Å². The standard InChI is InChI=1S/C3H6S.11CO.4Ru/c1-2-4-3-1;11*1-2;;;;/h1-3H2;;;;;;;;;;;;;;;. The fraction of sp³-hybridized carbons (Fsp3) is 0.214. The van der Waals surface area contributed by atoms with Crippen molar-refractivity contribution >= 4 is 11.8 Å². The predicted octanol–water partition coefficient (Wildman–Crippen LogP) is 0.701. The van der Waals surface area contributed by atoms with Crippen molar-refractivity contribution in [3.8, 4) is 0 Å². The van der Waals surface area contributed by atoms with Gasteiger partial charge in [0.15, 0.2) is 0 Å². The molecular weight excluding hydrogens is 780 g/mol. The van der Waals surface area contributed by atoms with Gasteiger partial charge in [0.2, 0.25) is 0 Å². The molecule has 1 fully saturated rings. The number of thioether (sulfide) groups is 1. The second-order valence-corrected chi connectivity index (χ2v) is 2.19. The van der Waals surface area contributed by atoms with Crippen LogP contribution in [-0.2, 0) is 129 Å². The molecule has 30 heavy (non-hydrogen) atoms. The molecule has 1 aliphatic heterocycles.